The Morgan fingerprint density at radius 2 is 1.35 bits per heavy atom. The van der Waals surface area contributed by atoms with Crippen molar-refractivity contribution in [1.29, 1.82) is 0 Å². The van der Waals surface area contributed by atoms with Gasteiger partial charge in [-0.25, -0.2) is 0 Å². The van der Waals surface area contributed by atoms with Gasteiger partial charge in [-0.1, -0.05) is 55.4 Å². The molecule has 20 heavy (non-hydrogen) atoms. The molecule has 0 spiro atoms. The van der Waals surface area contributed by atoms with E-state index in [-0.39, 0.29) is 17.3 Å². The van der Waals surface area contributed by atoms with E-state index in [1.807, 2.05) is 0 Å². The van der Waals surface area contributed by atoms with E-state index >= 15 is 0 Å². The van der Waals surface area contributed by atoms with Gasteiger partial charge in [-0.15, -0.1) is 0 Å². The van der Waals surface area contributed by atoms with Crippen molar-refractivity contribution in [2.24, 2.45) is 28.6 Å². The Morgan fingerprint density at radius 1 is 0.900 bits per heavy atom. The molecule has 3 atom stereocenters. The van der Waals surface area contributed by atoms with Crippen LogP contribution in [0.15, 0.2) is 0 Å². The molecular formula is C18H36O2. The number of hydrogen-bond donors (Lipinski definition) is 1. The molecule has 0 saturated carbocycles. The molecule has 2 heteroatoms. The lowest BCUT2D eigenvalue weighted by Gasteiger charge is -2.29. The van der Waals surface area contributed by atoms with Crippen molar-refractivity contribution in [3.63, 3.8) is 0 Å². The molecule has 1 N–H and O–H groups in total. The van der Waals surface area contributed by atoms with E-state index in [2.05, 4.69) is 55.4 Å². The predicted molar refractivity (Wildman–Crippen MR) is 86.8 cm³/mol. The van der Waals surface area contributed by atoms with Crippen molar-refractivity contribution in [2.45, 2.75) is 81.1 Å². The van der Waals surface area contributed by atoms with Crippen LogP contribution in [0.5, 0.6) is 0 Å². The Balaban J connectivity index is 4.46. The van der Waals surface area contributed by atoms with E-state index in [1.165, 1.54) is 0 Å². The fraction of sp³-hybridized carbons (Fsp3) is 0.944. The van der Waals surface area contributed by atoms with E-state index in [9.17, 15) is 9.90 Å². The van der Waals surface area contributed by atoms with Gasteiger partial charge in [0.1, 0.15) is 0 Å². The smallest absolute Gasteiger partial charge is 0.306 e. The van der Waals surface area contributed by atoms with E-state index in [4.69, 9.17) is 0 Å². The van der Waals surface area contributed by atoms with Crippen molar-refractivity contribution >= 4 is 5.97 Å². The summed E-state index contributed by atoms with van der Waals surface area (Å²) in [6.07, 6.45) is 3.96. The van der Waals surface area contributed by atoms with Crippen LogP contribution in [-0.2, 0) is 4.79 Å². The van der Waals surface area contributed by atoms with Gasteiger partial charge >= 0.3 is 5.97 Å². The van der Waals surface area contributed by atoms with Gasteiger partial charge in [0, 0.05) is 0 Å². The summed E-state index contributed by atoms with van der Waals surface area (Å²) < 4.78 is 0. The van der Waals surface area contributed by atoms with Gasteiger partial charge in [-0.3, -0.25) is 4.79 Å². The zero-order chi connectivity index (χ0) is 16.1. The Morgan fingerprint density at radius 3 is 1.70 bits per heavy atom. The predicted octanol–water partition coefficient (Wildman–Crippen LogP) is 5.61. The van der Waals surface area contributed by atoms with Gasteiger partial charge in [-0.2, -0.15) is 0 Å². The second-order valence-corrected chi connectivity index (χ2v) is 9.13. The average Bonchev–Trinajstić information content (AvgIpc) is 2.10. The number of rotatable bonds is 7. The van der Waals surface area contributed by atoms with E-state index in [1.54, 1.807) is 0 Å². The third-order valence-electron chi connectivity index (χ3n) is 3.87. The molecule has 0 aliphatic heterocycles. The highest BCUT2D eigenvalue weighted by Crippen LogP contribution is 2.33. The van der Waals surface area contributed by atoms with Gasteiger partial charge in [0.05, 0.1) is 5.92 Å². The molecule has 0 rings (SSSR count). The number of carboxylic acid groups (broad SMARTS) is 1. The summed E-state index contributed by atoms with van der Waals surface area (Å²) in [6.45, 7) is 17.7. The number of hydrogen-bond acceptors (Lipinski definition) is 1. The fourth-order valence-electron chi connectivity index (χ4n) is 3.37. The van der Waals surface area contributed by atoms with Gasteiger partial charge in [-0.05, 0) is 48.3 Å². The minimum atomic E-state index is -0.621. The van der Waals surface area contributed by atoms with Crippen molar-refractivity contribution in [3.8, 4) is 0 Å². The number of carbonyl (C=O) groups is 1. The van der Waals surface area contributed by atoms with Gasteiger partial charge in [0.15, 0.2) is 0 Å². The quantitative estimate of drug-likeness (QED) is 0.659. The summed E-state index contributed by atoms with van der Waals surface area (Å²) in [5.41, 5.74) is 0.527. The molecule has 2 nitrogen and oxygen atoms in total. The molecule has 0 aliphatic rings. The summed E-state index contributed by atoms with van der Waals surface area (Å²) in [6, 6.07) is 0. The van der Waals surface area contributed by atoms with Crippen molar-refractivity contribution in [3.05, 3.63) is 0 Å². The summed E-state index contributed by atoms with van der Waals surface area (Å²) in [4.78, 5) is 11.5. The lowest BCUT2D eigenvalue weighted by Crippen LogP contribution is -2.26. The first-order valence-electron chi connectivity index (χ1n) is 8.04. The molecule has 120 valence electrons. The molecular weight excluding hydrogens is 248 g/mol. The molecule has 0 aromatic carbocycles. The minimum absolute atomic E-state index is 0.198. The lowest BCUT2D eigenvalue weighted by atomic mass is 9.76. The Labute approximate surface area is 126 Å². The maximum Gasteiger partial charge on any atom is 0.306 e. The van der Waals surface area contributed by atoms with E-state index in [0.717, 1.165) is 25.7 Å². The summed E-state index contributed by atoms with van der Waals surface area (Å²) in [7, 11) is 0. The molecule has 0 saturated heterocycles. The maximum absolute atomic E-state index is 11.5. The monoisotopic (exact) mass is 284 g/mol. The van der Waals surface area contributed by atoms with Gasteiger partial charge < -0.3 is 5.11 Å². The molecule has 0 amide bonds. The molecule has 0 radical (unpaired) electrons. The Bertz CT molecular complexity index is 294. The second-order valence-electron chi connectivity index (χ2n) is 9.13. The van der Waals surface area contributed by atoms with Crippen LogP contribution in [0.1, 0.15) is 81.1 Å². The summed E-state index contributed by atoms with van der Waals surface area (Å²) in [5, 5.41) is 9.49. The van der Waals surface area contributed by atoms with Crippen LogP contribution in [0.4, 0.5) is 0 Å². The van der Waals surface area contributed by atoms with Gasteiger partial charge in [0.25, 0.3) is 0 Å². The first kappa shape index (κ1) is 19.5. The molecule has 0 bridgehead atoms. The highest BCUT2D eigenvalue weighted by atomic mass is 16.4. The van der Waals surface area contributed by atoms with Crippen molar-refractivity contribution in [2.75, 3.05) is 0 Å². The molecule has 0 fully saturated rings. The first-order chi connectivity index (χ1) is 8.82. The highest BCUT2D eigenvalue weighted by molar-refractivity contribution is 5.70. The standard InChI is InChI=1S/C18H36O2/c1-13(11-17(3,4)5)9-10-15(16(19)20)14(2)12-18(6,7)8/h13-15H,9-12H2,1-8H3,(H,19,20)/t13-,14+,15-/m1/s1. The molecule has 0 heterocycles. The molecule has 0 aromatic heterocycles. The van der Waals surface area contributed by atoms with Crippen LogP contribution in [0, 0.1) is 28.6 Å². The molecule has 0 aromatic rings. The first-order valence-corrected chi connectivity index (χ1v) is 8.04. The minimum Gasteiger partial charge on any atom is -0.481 e. The van der Waals surface area contributed by atoms with Gasteiger partial charge in [0.2, 0.25) is 0 Å². The third-order valence-corrected chi connectivity index (χ3v) is 3.87. The molecule has 0 unspecified atom stereocenters. The van der Waals surface area contributed by atoms with Crippen LogP contribution in [0.3, 0.4) is 0 Å². The van der Waals surface area contributed by atoms with E-state index < -0.39 is 5.97 Å². The largest absolute Gasteiger partial charge is 0.481 e. The van der Waals surface area contributed by atoms with Crippen LogP contribution < -0.4 is 0 Å². The Hall–Kier alpha value is -0.530. The topological polar surface area (TPSA) is 37.3 Å². The van der Waals surface area contributed by atoms with Crippen molar-refractivity contribution < 1.29 is 9.90 Å². The van der Waals surface area contributed by atoms with Crippen LogP contribution in [0.25, 0.3) is 0 Å². The zero-order valence-electron chi connectivity index (χ0n) is 14.9. The second kappa shape index (κ2) is 7.47. The van der Waals surface area contributed by atoms with Crippen LogP contribution in [-0.4, -0.2) is 11.1 Å². The Kier molecular flexibility index (Phi) is 7.27. The number of aliphatic carboxylic acids is 1. The summed E-state index contributed by atoms with van der Waals surface area (Å²) >= 11 is 0. The summed E-state index contributed by atoms with van der Waals surface area (Å²) in [5.74, 6) is 0.0226. The van der Waals surface area contributed by atoms with E-state index in [0.29, 0.717) is 11.3 Å². The zero-order valence-corrected chi connectivity index (χ0v) is 14.9. The normalized spacial score (nSPS) is 17.6. The van der Waals surface area contributed by atoms with Crippen molar-refractivity contribution in [1.82, 2.24) is 0 Å². The SMILES string of the molecule is C[C@H](CC[C@@H](C(=O)O)[C@@H](C)CC(C)(C)C)CC(C)(C)C. The average molecular weight is 284 g/mol. The fourth-order valence-corrected chi connectivity index (χ4v) is 3.37. The third kappa shape index (κ3) is 9.39. The van der Waals surface area contributed by atoms with Crippen LogP contribution in [0.2, 0.25) is 0 Å². The maximum atomic E-state index is 11.5. The van der Waals surface area contributed by atoms with Crippen LogP contribution >= 0.6 is 0 Å². The highest BCUT2D eigenvalue weighted by Gasteiger charge is 2.28. The lowest BCUT2D eigenvalue weighted by molar-refractivity contribution is -0.144. The molecule has 0 aliphatic carbocycles. The number of carboxylic acids is 1.